The molecule has 0 spiro atoms. The molecule has 164 valence electrons. The average Bonchev–Trinajstić information content (AvgIpc) is 3.23. The summed E-state index contributed by atoms with van der Waals surface area (Å²) in [6.07, 6.45) is 15.7. The van der Waals surface area contributed by atoms with Crippen molar-refractivity contribution in [2.24, 2.45) is 10.8 Å². The van der Waals surface area contributed by atoms with Crippen LogP contribution in [0.2, 0.25) is 0 Å². The van der Waals surface area contributed by atoms with Crippen LogP contribution in [0.15, 0.2) is 58.7 Å². The first kappa shape index (κ1) is 24.2. The van der Waals surface area contributed by atoms with Crippen molar-refractivity contribution in [3.05, 3.63) is 58.7 Å². The molecule has 2 aliphatic rings. The molecule has 0 saturated carbocycles. The number of carbonyl (C=O) groups excluding carboxylic acids is 2. The molecule has 0 aromatic heterocycles. The fraction of sp³-hybridized carbons (Fsp3) is 0.538. The minimum absolute atomic E-state index is 0.0264. The van der Waals surface area contributed by atoms with E-state index in [1.165, 1.54) is 0 Å². The Morgan fingerprint density at radius 2 is 1.07 bits per heavy atom. The van der Waals surface area contributed by atoms with E-state index in [2.05, 4.69) is 0 Å². The molecular weight excluding hydrogens is 376 g/mol. The quantitative estimate of drug-likeness (QED) is 0.483. The monoisotopic (exact) mass is 412 g/mol. The van der Waals surface area contributed by atoms with E-state index in [4.69, 9.17) is 0 Å². The molecule has 4 heteroatoms. The molecule has 0 aromatic carbocycles. The van der Waals surface area contributed by atoms with Crippen molar-refractivity contribution in [1.29, 1.82) is 0 Å². The van der Waals surface area contributed by atoms with Gasteiger partial charge in [0, 0.05) is 35.5 Å². The van der Waals surface area contributed by atoms with Gasteiger partial charge in [-0.15, -0.1) is 0 Å². The molecule has 0 aliphatic heterocycles. The zero-order valence-electron chi connectivity index (χ0n) is 18.8. The third-order valence-electron chi connectivity index (χ3n) is 5.93. The minimum Gasteiger partial charge on any atom is -0.396 e. The summed E-state index contributed by atoms with van der Waals surface area (Å²) in [5.74, 6) is 0.0528. The molecule has 0 aromatic rings. The number of allylic oxidation sites excluding steroid dienone is 10. The van der Waals surface area contributed by atoms with Crippen LogP contribution in [0.3, 0.4) is 0 Å². The lowest BCUT2D eigenvalue weighted by Crippen LogP contribution is -2.16. The van der Waals surface area contributed by atoms with Crippen LogP contribution in [0.25, 0.3) is 0 Å². The van der Waals surface area contributed by atoms with E-state index < -0.39 is 0 Å². The van der Waals surface area contributed by atoms with Gasteiger partial charge in [0.15, 0.2) is 11.6 Å². The van der Waals surface area contributed by atoms with E-state index in [9.17, 15) is 19.8 Å². The molecule has 0 amide bonds. The van der Waals surface area contributed by atoms with Gasteiger partial charge in [0.25, 0.3) is 0 Å². The number of aliphatic hydroxyl groups is 2. The first-order valence-corrected chi connectivity index (χ1v) is 10.9. The maximum absolute atomic E-state index is 12.6. The van der Waals surface area contributed by atoms with Gasteiger partial charge in [0.05, 0.1) is 0 Å². The van der Waals surface area contributed by atoms with E-state index >= 15 is 0 Å². The Kier molecular flexibility index (Phi) is 8.34. The standard InChI is InChI=1S/C26H36O4/c1-25(2,17-27)15-5-7-19-9-11-21(23(19)29)13-14-22-12-10-20(24(22)30)8-6-16-26(3,4)18-28/h9-14,27-28H,5-8,15-18H2,1-4H3. The largest absolute Gasteiger partial charge is 0.396 e. The van der Waals surface area contributed by atoms with Crippen molar-refractivity contribution in [2.75, 3.05) is 13.2 Å². The lowest BCUT2D eigenvalue weighted by Gasteiger charge is -2.21. The molecule has 2 N–H and O–H groups in total. The molecule has 0 bridgehead atoms. The normalized spacial score (nSPS) is 17.5. The Balaban J connectivity index is 1.80. The molecule has 30 heavy (non-hydrogen) atoms. The van der Waals surface area contributed by atoms with Crippen molar-refractivity contribution in [1.82, 2.24) is 0 Å². The molecule has 0 unspecified atom stereocenters. The van der Waals surface area contributed by atoms with Gasteiger partial charge in [0.1, 0.15) is 0 Å². The van der Waals surface area contributed by atoms with Gasteiger partial charge in [0.2, 0.25) is 0 Å². The summed E-state index contributed by atoms with van der Waals surface area (Å²) in [4.78, 5) is 25.1. The van der Waals surface area contributed by atoms with E-state index in [0.717, 1.165) is 36.8 Å². The van der Waals surface area contributed by atoms with E-state index in [1.807, 2.05) is 52.0 Å². The lowest BCUT2D eigenvalue weighted by molar-refractivity contribution is -0.112. The van der Waals surface area contributed by atoms with Gasteiger partial charge in [-0.1, -0.05) is 64.2 Å². The zero-order valence-corrected chi connectivity index (χ0v) is 18.8. The maximum Gasteiger partial charge on any atom is 0.189 e. The van der Waals surface area contributed by atoms with E-state index in [1.54, 1.807) is 12.2 Å². The fourth-order valence-electron chi connectivity index (χ4n) is 3.56. The predicted octanol–water partition coefficient (Wildman–Crippen LogP) is 4.79. The summed E-state index contributed by atoms with van der Waals surface area (Å²) >= 11 is 0. The number of aliphatic hydroxyl groups excluding tert-OH is 2. The SMILES string of the molecule is CC(C)(CO)CCCC1=CC=C(C=CC2=CC=C(CCCC(C)(C)CO)C2=O)C1=O. The number of hydrogen-bond acceptors (Lipinski definition) is 4. The van der Waals surface area contributed by atoms with Gasteiger partial charge in [-0.3, -0.25) is 9.59 Å². The van der Waals surface area contributed by atoms with Crippen molar-refractivity contribution in [3.63, 3.8) is 0 Å². The van der Waals surface area contributed by atoms with Gasteiger partial charge in [-0.2, -0.15) is 0 Å². The fourth-order valence-corrected chi connectivity index (χ4v) is 3.56. The Labute approximate surface area is 180 Å². The summed E-state index contributed by atoms with van der Waals surface area (Å²) in [6.45, 7) is 8.37. The van der Waals surface area contributed by atoms with Crippen LogP contribution in [-0.2, 0) is 9.59 Å². The van der Waals surface area contributed by atoms with Crippen LogP contribution >= 0.6 is 0 Å². The van der Waals surface area contributed by atoms with E-state index in [-0.39, 0.29) is 35.6 Å². The number of hydrogen-bond donors (Lipinski definition) is 2. The highest BCUT2D eigenvalue weighted by Crippen LogP contribution is 2.29. The summed E-state index contributed by atoms with van der Waals surface area (Å²) < 4.78 is 0. The Bertz CT molecular complexity index is 748. The Hall–Kier alpha value is -2.04. The predicted molar refractivity (Wildman–Crippen MR) is 121 cm³/mol. The molecule has 0 atom stereocenters. The summed E-state index contributed by atoms with van der Waals surface area (Å²) in [7, 11) is 0. The van der Waals surface area contributed by atoms with Crippen LogP contribution in [0, 0.1) is 10.8 Å². The van der Waals surface area contributed by atoms with Crippen LogP contribution < -0.4 is 0 Å². The summed E-state index contributed by atoms with van der Waals surface area (Å²) in [5.41, 5.74) is 2.57. The molecule has 0 heterocycles. The lowest BCUT2D eigenvalue weighted by atomic mass is 9.87. The van der Waals surface area contributed by atoms with Gasteiger partial charge >= 0.3 is 0 Å². The third-order valence-corrected chi connectivity index (χ3v) is 5.93. The average molecular weight is 413 g/mol. The highest BCUT2D eigenvalue weighted by Gasteiger charge is 2.22. The van der Waals surface area contributed by atoms with Gasteiger partial charge in [-0.05, 0) is 49.4 Å². The third kappa shape index (κ3) is 6.75. The number of carbonyl (C=O) groups is 2. The van der Waals surface area contributed by atoms with Crippen molar-refractivity contribution < 1.29 is 19.8 Å². The Morgan fingerprint density at radius 1 is 0.700 bits per heavy atom. The second-order valence-electron chi connectivity index (χ2n) is 9.97. The molecule has 2 aliphatic carbocycles. The Morgan fingerprint density at radius 3 is 1.40 bits per heavy atom. The van der Waals surface area contributed by atoms with Crippen molar-refractivity contribution in [2.45, 2.75) is 66.2 Å². The molecule has 2 rings (SSSR count). The van der Waals surface area contributed by atoms with Crippen LogP contribution in [0.5, 0.6) is 0 Å². The minimum atomic E-state index is -0.119. The van der Waals surface area contributed by atoms with Crippen LogP contribution in [0.4, 0.5) is 0 Å². The number of rotatable bonds is 12. The number of ketones is 2. The van der Waals surface area contributed by atoms with Gasteiger partial charge < -0.3 is 10.2 Å². The van der Waals surface area contributed by atoms with Crippen LogP contribution in [0.1, 0.15) is 66.2 Å². The summed E-state index contributed by atoms with van der Waals surface area (Å²) in [5, 5.41) is 18.7. The maximum atomic E-state index is 12.6. The second kappa shape index (κ2) is 10.3. The molecular formula is C26H36O4. The molecule has 4 nitrogen and oxygen atoms in total. The smallest absolute Gasteiger partial charge is 0.189 e. The highest BCUT2D eigenvalue weighted by molar-refractivity contribution is 6.15. The van der Waals surface area contributed by atoms with Gasteiger partial charge in [-0.25, -0.2) is 0 Å². The molecule has 0 fully saturated rings. The van der Waals surface area contributed by atoms with Crippen molar-refractivity contribution in [3.8, 4) is 0 Å². The first-order chi connectivity index (χ1) is 14.1. The highest BCUT2D eigenvalue weighted by atomic mass is 16.3. The zero-order chi connectivity index (χ0) is 22.4. The first-order valence-electron chi connectivity index (χ1n) is 10.9. The number of Topliss-reactive ketones (excluding diaryl/α,β-unsaturated/α-hetero) is 2. The second-order valence-corrected chi connectivity index (χ2v) is 9.97. The van der Waals surface area contributed by atoms with Crippen LogP contribution in [-0.4, -0.2) is 35.0 Å². The summed E-state index contributed by atoms with van der Waals surface area (Å²) in [6, 6.07) is 0. The topological polar surface area (TPSA) is 74.6 Å². The van der Waals surface area contributed by atoms with E-state index in [0.29, 0.717) is 24.0 Å². The van der Waals surface area contributed by atoms with Crippen molar-refractivity contribution >= 4 is 11.6 Å². The molecule has 0 saturated heterocycles. The molecule has 0 radical (unpaired) electrons.